The van der Waals surface area contributed by atoms with Crippen LogP contribution in [0.15, 0.2) is 146 Å². The fourth-order valence-corrected chi connectivity index (χ4v) is 7.01. The largest absolute Gasteiger partial charge is 0.462 e. The Labute approximate surface area is 310 Å². The summed E-state index contributed by atoms with van der Waals surface area (Å²) in [4.78, 5) is 23.9. The number of carbonyl (C=O) groups excluding carboxylic acids is 1. The lowest BCUT2D eigenvalue weighted by Gasteiger charge is -2.36. The molecule has 5 aromatic carbocycles. The van der Waals surface area contributed by atoms with Crippen molar-refractivity contribution < 1.29 is 9.53 Å². The van der Waals surface area contributed by atoms with E-state index < -0.39 is 11.5 Å². The van der Waals surface area contributed by atoms with Crippen molar-refractivity contribution in [3.8, 4) is 22.5 Å². The summed E-state index contributed by atoms with van der Waals surface area (Å²) in [5, 5.41) is 13.8. The standard InChI is InChI=1S/C44H41N7O2/c1-4-29-50(41-40(43(52)53-5-2)30-45-32(3)46-41)31-33-25-27-34(28-26-33)38-23-15-16-24-39(38)42-47-48-49-51(42)44(35-17-9-6-10-18-35,36-19-11-7-12-20-36)37-21-13-8-14-22-37/h6-28,30H,4-5,29,31H2,1-3H3. The SMILES string of the molecule is CCCN(Cc1ccc(-c2ccccc2-c2nnnn2C(c2ccccc2)(c2ccccc2)c2ccccc2)cc1)c1nc(C)ncc1C(=O)OCC. The number of benzene rings is 5. The topological polar surface area (TPSA) is 98.9 Å². The zero-order chi connectivity index (χ0) is 36.6. The van der Waals surface area contributed by atoms with Crippen molar-refractivity contribution in [3.63, 3.8) is 0 Å². The zero-order valence-electron chi connectivity index (χ0n) is 30.1. The van der Waals surface area contributed by atoms with Crippen LogP contribution in [0.4, 0.5) is 5.82 Å². The van der Waals surface area contributed by atoms with Crippen molar-refractivity contribution in [2.24, 2.45) is 0 Å². The minimum atomic E-state index is -0.871. The van der Waals surface area contributed by atoms with E-state index in [0.29, 0.717) is 36.1 Å². The normalized spacial score (nSPS) is 11.3. The molecule has 0 radical (unpaired) electrons. The van der Waals surface area contributed by atoms with Gasteiger partial charge in [-0.3, -0.25) is 0 Å². The monoisotopic (exact) mass is 699 g/mol. The molecule has 0 bridgehead atoms. The molecular formula is C44H41N7O2. The van der Waals surface area contributed by atoms with Gasteiger partial charge in [0.2, 0.25) is 0 Å². The summed E-state index contributed by atoms with van der Waals surface area (Å²) < 4.78 is 7.30. The smallest absolute Gasteiger partial charge is 0.343 e. The van der Waals surface area contributed by atoms with E-state index in [1.165, 1.54) is 0 Å². The zero-order valence-corrected chi connectivity index (χ0v) is 30.1. The molecule has 0 aliphatic rings. The Hall–Kier alpha value is -6.48. The third-order valence-corrected chi connectivity index (χ3v) is 9.35. The molecule has 2 aromatic heterocycles. The van der Waals surface area contributed by atoms with Crippen molar-refractivity contribution in [2.45, 2.75) is 39.3 Å². The first-order valence-corrected chi connectivity index (χ1v) is 17.9. The number of esters is 1. The molecule has 2 heterocycles. The van der Waals surface area contributed by atoms with Crippen molar-refractivity contribution in [2.75, 3.05) is 18.1 Å². The minimum absolute atomic E-state index is 0.279. The predicted octanol–water partition coefficient (Wildman–Crippen LogP) is 8.54. The van der Waals surface area contributed by atoms with Crippen LogP contribution in [0.2, 0.25) is 0 Å². The molecule has 0 fully saturated rings. The fraction of sp³-hybridized carbons (Fsp3) is 0.182. The minimum Gasteiger partial charge on any atom is -0.462 e. The molecular weight excluding hydrogens is 659 g/mol. The van der Waals surface area contributed by atoms with Gasteiger partial charge in [-0.2, -0.15) is 0 Å². The van der Waals surface area contributed by atoms with Gasteiger partial charge in [0.15, 0.2) is 5.82 Å². The number of rotatable bonds is 13. The molecule has 0 N–H and O–H groups in total. The van der Waals surface area contributed by atoms with Crippen LogP contribution in [0.5, 0.6) is 0 Å². The molecule has 0 aliphatic heterocycles. The lowest BCUT2D eigenvalue weighted by Crippen LogP contribution is -2.39. The molecule has 0 spiro atoms. The van der Waals surface area contributed by atoms with Crippen LogP contribution in [0.1, 0.15) is 58.7 Å². The number of nitrogens with zero attached hydrogens (tertiary/aromatic N) is 7. The molecule has 9 heteroatoms. The van der Waals surface area contributed by atoms with Crippen LogP contribution in [0.3, 0.4) is 0 Å². The van der Waals surface area contributed by atoms with Crippen LogP contribution in [-0.4, -0.2) is 49.3 Å². The number of carbonyl (C=O) groups is 1. The second-order valence-corrected chi connectivity index (χ2v) is 12.8. The highest BCUT2D eigenvalue weighted by Gasteiger charge is 2.42. The summed E-state index contributed by atoms with van der Waals surface area (Å²) >= 11 is 0. The summed E-state index contributed by atoms with van der Waals surface area (Å²) in [5.41, 5.74) is 6.61. The van der Waals surface area contributed by atoms with Gasteiger partial charge in [-0.1, -0.05) is 146 Å². The molecule has 0 saturated carbocycles. The van der Waals surface area contributed by atoms with Gasteiger partial charge in [0, 0.05) is 24.8 Å². The highest BCUT2D eigenvalue weighted by Crippen LogP contribution is 2.43. The second-order valence-electron chi connectivity index (χ2n) is 12.8. The Morgan fingerprint density at radius 2 is 1.30 bits per heavy atom. The van der Waals surface area contributed by atoms with Crippen LogP contribution < -0.4 is 4.90 Å². The third kappa shape index (κ3) is 6.93. The van der Waals surface area contributed by atoms with Crippen LogP contribution in [0.25, 0.3) is 22.5 Å². The van der Waals surface area contributed by atoms with Crippen molar-refractivity contribution >= 4 is 11.8 Å². The summed E-state index contributed by atoms with van der Waals surface area (Å²) in [7, 11) is 0. The Morgan fingerprint density at radius 3 is 1.87 bits per heavy atom. The van der Waals surface area contributed by atoms with Gasteiger partial charge in [0.25, 0.3) is 0 Å². The quantitative estimate of drug-likeness (QED) is 0.0873. The van der Waals surface area contributed by atoms with Crippen molar-refractivity contribution in [1.82, 2.24) is 30.2 Å². The fourth-order valence-electron chi connectivity index (χ4n) is 7.01. The second kappa shape index (κ2) is 15.8. The van der Waals surface area contributed by atoms with Crippen LogP contribution in [-0.2, 0) is 16.8 Å². The van der Waals surface area contributed by atoms with Gasteiger partial charge >= 0.3 is 5.97 Å². The van der Waals surface area contributed by atoms with Crippen molar-refractivity contribution in [3.05, 3.63) is 179 Å². The van der Waals surface area contributed by atoms with E-state index in [9.17, 15) is 4.79 Å². The summed E-state index contributed by atoms with van der Waals surface area (Å²) in [5.74, 6) is 1.40. The van der Waals surface area contributed by atoms with E-state index in [0.717, 1.165) is 45.4 Å². The Bertz CT molecular complexity index is 2180. The first kappa shape index (κ1) is 34.9. The molecule has 0 aliphatic carbocycles. The summed E-state index contributed by atoms with van der Waals surface area (Å²) in [6.07, 6.45) is 2.44. The van der Waals surface area contributed by atoms with E-state index in [2.05, 4.69) is 136 Å². The van der Waals surface area contributed by atoms with Gasteiger partial charge in [-0.15, -0.1) is 5.10 Å². The Balaban J connectivity index is 1.30. The molecule has 0 saturated heterocycles. The van der Waals surface area contributed by atoms with Crippen LogP contribution in [0, 0.1) is 6.92 Å². The highest BCUT2D eigenvalue weighted by atomic mass is 16.5. The summed E-state index contributed by atoms with van der Waals surface area (Å²) in [6, 6.07) is 48.0. The van der Waals surface area contributed by atoms with E-state index in [1.54, 1.807) is 13.1 Å². The molecule has 0 unspecified atom stereocenters. The number of anilines is 1. The third-order valence-electron chi connectivity index (χ3n) is 9.35. The average Bonchev–Trinajstić information content (AvgIpc) is 3.70. The number of hydrogen-bond donors (Lipinski definition) is 0. The molecule has 53 heavy (non-hydrogen) atoms. The van der Waals surface area contributed by atoms with E-state index in [-0.39, 0.29) is 6.61 Å². The average molecular weight is 700 g/mol. The van der Waals surface area contributed by atoms with E-state index >= 15 is 0 Å². The molecule has 7 rings (SSSR count). The highest BCUT2D eigenvalue weighted by molar-refractivity contribution is 5.94. The number of aromatic nitrogens is 6. The van der Waals surface area contributed by atoms with Gasteiger partial charge in [-0.05, 0) is 64.1 Å². The van der Waals surface area contributed by atoms with Gasteiger partial charge in [0.1, 0.15) is 22.7 Å². The molecule has 9 nitrogen and oxygen atoms in total. The van der Waals surface area contributed by atoms with E-state index in [1.807, 2.05) is 41.9 Å². The molecule has 0 atom stereocenters. The predicted molar refractivity (Wildman–Crippen MR) is 207 cm³/mol. The molecule has 264 valence electrons. The number of ether oxygens (including phenoxy) is 1. The maximum absolute atomic E-state index is 12.9. The number of hydrogen-bond acceptors (Lipinski definition) is 8. The first-order chi connectivity index (χ1) is 26.0. The lowest BCUT2D eigenvalue weighted by atomic mass is 9.77. The van der Waals surface area contributed by atoms with Crippen molar-refractivity contribution in [1.29, 1.82) is 0 Å². The van der Waals surface area contributed by atoms with Gasteiger partial charge < -0.3 is 9.64 Å². The maximum atomic E-state index is 12.9. The summed E-state index contributed by atoms with van der Waals surface area (Å²) in [6.45, 7) is 7.28. The number of aryl methyl sites for hydroxylation is 1. The number of tetrazole rings is 1. The first-order valence-electron chi connectivity index (χ1n) is 17.9. The lowest BCUT2D eigenvalue weighted by molar-refractivity contribution is 0.0526. The molecule has 7 aromatic rings. The van der Waals surface area contributed by atoms with Gasteiger partial charge in [-0.25, -0.2) is 19.4 Å². The van der Waals surface area contributed by atoms with Gasteiger partial charge in [0.05, 0.1) is 6.61 Å². The Morgan fingerprint density at radius 1 is 0.736 bits per heavy atom. The van der Waals surface area contributed by atoms with Crippen LogP contribution >= 0.6 is 0 Å². The maximum Gasteiger partial charge on any atom is 0.343 e. The molecule has 0 amide bonds. The van der Waals surface area contributed by atoms with E-state index in [4.69, 9.17) is 15.0 Å². The Kier molecular flexibility index (Phi) is 10.4.